The lowest BCUT2D eigenvalue weighted by Crippen LogP contribution is -2.02. The first kappa shape index (κ1) is 14.4. The molecule has 7 heteroatoms. The molecule has 0 aromatic heterocycles. The predicted molar refractivity (Wildman–Crippen MR) is 75.6 cm³/mol. The first-order chi connectivity index (χ1) is 9.49. The summed E-state index contributed by atoms with van der Waals surface area (Å²) in [7, 11) is 0. The van der Waals surface area contributed by atoms with E-state index in [4.69, 9.17) is 16.7 Å². The number of benzene rings is 2. The number of carboxylic acid groups (broad SMARTS) is 1. The van der Waals surface area contributed by atoms with Crippen molar-refractivity contribution >= 4 is 35.0 Å². The number of nitrogens with zero attached hydrogens (tertiary/aromatic N) is 1. The van der Waals surface area contributed by atoms with Gasteiger partial charge in [0.15, 0.2) is 0 Å². The zero-order chi connectivity index (χ0) is 14.7. The normalized spacial score (nSPS) is 10.2. The highest BCUT2D eigenvalue weighted by Gasteiger charge is 2.22. The minimum absolute atomic E-state index is 0.0980. The zero-order valence-electron chi connectivity index (χ0n) is 9.95. The summed E-state index contributed by atoms with van der Waals surface area (Å²) in [5, 5.41) is 20.7. The summed E-state index contributed by atoms with van der Waals surface area (Å²) < 4.78 is 0. The Balaban J connectivity index is 2.50. The smallest absolute Gasteiger partial charge is 0.337 e. The Labute approximate surface area is 123 Å². The van der Waals surface area contributed by atoms with Crippen molar-refractivity contribution in [3.8, 4) is 0 Å². The van der Waals surface area contributed by atoms with E-state index in [1.165, 1.54) is 18.2 Å². The Morgan fingerprint density at radius 2 is 1.85 bits per heavy atom. The second-order valence-electron chi connectivity index (χ2n) is 3.77. The summed E-state index contributed by atoms with van der Waals surface area (Å²) in [5.41, 5.74) is -0.330. The monoisotopic (exact) mass is 309 g/mol. The van der Waals surface area contributed by atoms with E-state index in [0.29, 0.717) is 9.92 Å². The van der Waals surface area contributed by atoms with E-state index in [0.717, 1.165) is 11.8 Å². The molecule has 0 radical (unpaired) electrons. The fourth-order valence-electron chi connectivity index (χ4n) is 1.56. The van der Waals surface area contributed by atoms with Gasteiger partial charge in [-0.05, 0) is 30.3 Å². The summed E-state index contributed by atoms with van der Waals surface area (Å²) in [5.74, 6) is -1.20. The maximum absolute atomic E-state index is 11.2. The van der Waals surface area contributed by atoms with Crippen LogP contribution in [0.4, 0.5) is 5.69 Å². The van der Waals surface area contributed by atoms with Crippen LogP contribution in [0.2, 0.25) is 5.02 Å². The number of rotatable bonds is 4. The molecule has 0 spiro atoms. The molecule has 0 saturated heterocycles. The summed E-state index contributed by atoms with van der Waals surface area (Å²) in [6.45, 7) is 0. The first-order valence-electron chi connectivity index (χ1n) is 5.43. The summed E-state index contributed by atoms with van der Waals surface area (Å²) in [4.78, 5) is 22.4. The lowest BCUT2D eigenvalue weighted by atomic mass is 10.2. The number of carboxylic acids is 1. The van der Waals surface area contributed by atoms with E-state index in [2.05, 4.69) is 0 Å². The molecular weight excluding hydrogens is 302 g/mol. The molecule has 0 bridgehead atoms. The lowest BCUT2D eigenvalue weighted by molar-refractivity contribution is -0.387. The highest BCUT2D eigenvalue weighted by molar-refractivity contribution is 7.99. The maximum atomic E-state index is 11.2. The molecule has 102 valence electrons. The van der Waals surface area contributed by atoms with E-state index in [-0.39, 0.29) is 16.1 Å². The Bertz CT molecular complexity index is 640. The molecule has 0 heterocycles. The molecule has 20 heavy (non-hydrogen) atoms. The molecule has 0 saturated carbocycles. The summed E-state index contributed by atoms with van der Waals surface area (Å²) in [6.07, 6.45) is 0. The Hall–Kier alpha value is -2.05. The van der Waals surface area contributed by atoms with Gasteiger partial charge in [-0.1, -0.05) is 29.4 Å². The van der Waals surface area contributed by atoms with E-state index >= 15 is 0 Å². The molecule has 0 aliphatic rings. The second-order valence-corrected chi connectivity index (χ2v) is 5.29. The van der Waals surface area contributed by atoms with Crippen LogP contribution in [0.3, 0.4) is 0 Å². The minimum Gasteiger partial charge on any atom is -0.478 e. The van der Waals surface area contributed by atoms with Gasteiger partial charge in [-0.25, -0.2) is 4.79 Å². The molecule has 2 rings (SSSR count). The number of hydrogen-bond acceptors (Lipinski definition) is 4. The molecule has 1 N–H and O–H groups in total. The summed E-state index contributed by atoms with van der Waals surface area (Å²) >= 11 is 6.79. The molecule has 0 atom stereocenters. The largest absolute Gasteiger partial charge is 0.478 e. The Morgan fingerprint density at radius 3 is 2.40 bits per heavy atom. The van der Waals surface area contributed by atoms with Gasteiger partial charge < -0.3 is 5.11 Å². The van der Waals surface area contributed by atoms with E-state index in [1.807, 2.05) is 0 Å². The van der Waals surface area contributed by atoms with E-state index in [1.54, 1.807) is 24.3 Å². The van der Waals surface area contributed by atoms with Gasteiger partial charge in [0.1, 0.15) is 4.90 Å². The second kappa shape index (κ2) is 5.94. The van der Waals surface area contributed by atoms with E-state index in [9.17, 15) is 14.9 Å². The van der Waals surface area contributed by atoms with Gasteiger partial charge in [-0.15, -0.1) is 0 Å². The van der Waals surface area contributed by atoms with Crippen LogP contribution in [0.1, 0.15) is 10.4 Å². The molecule has 0 aliphatic heterocycles. The van der Waals surface area contributed by atoms with Crippen molar-refractivity contribution in [3.63, 3.8) is 0 Å². The van der Waals surface area contributed by atoms with Crippen molar-refractivity contribution in [3.05, 3.63) is 63.2 Å². The van der Waals surface area contributed by atoms with Crippen molar-refractivity contribution < 1.29 is 14.8 Å². The van der Waals surface area contributed by atoms with Crippen LogP contribution in [-0.2, 0) is 0 Å². The number of halogens is 1. The van der Waals surface area contributed by atoms with Crippen LogP contribution in [0.5, 0.6) is 0 Å². The van der Waals surface area contributed by atoms with Crippen LogP contribution < -0.4 is 0 Å². The molecule has 2 aromatic rings. The maximum Gasteiger partial charge on any atom is 0.337 e. The summed E-state index contributed by atoms with van der Waals surface area (Å²) in [6, 6.07) is 10.6. The number of hydrogen-bond donors (Lipinski definition) is 1. The minimum atomic E-state index is -1.20. The van der Waals surface area contributed by atoms with Gasteiger partial charge in [0, 0.05) is 16.0 Å². The number of nitro benzene ring substituents is 1. The third kappa shape index (κ3) is 3.09. The molecule has 5 nitrogen and oxygen atoms in total. The number of aromatic carboxylic acids is 1. The standard InChI is InChI=1S/C13H8ClNO4S/c14-8-4-6-9(7-5-8)20-12-10(13(16)17)2-1-3-11(12)15(18)19/h1-7H,(H,16,17). The highest BCUT2D eigenvalue weighted by Crippen LogP contribution is 2.37. The molecule has 0 unspecified atom stereocenters. The van der Waals surface area contributed by atoms with Crippen molar-refractivity contribution in [2.45, 2.75) is 9.79 Å². The highest BCUT2D eigenvalue weighted by atomic mass is 35.5. The van der Waals surface area contributed by atoms with Crippen molar-refractivity contribution in [1.82, 2.24) is 0 Å². The van der Waals surface area contributed by atoms with Gasteiger partial charge in [-0.2, -0.15) is 0 Å². The third-order valence-electron chi connectivity index (χ3n) is 2.45. The molecule has 2 aromatic carbocycles. The molecule has 0 aliphatic carbocycles. The number of carbonyl (C=O) groups is 1. The van der Waals surface area contributed by atoms with Crippen molar-refractivity contribution in [1.29, 1.82) is 0 Å². The zero-order valence-corrected chi connectivity index (χ0v) is 11.5. The third-order valence-corrected chi connectivity index (χ3v) is 3.85. The van der Waals surface area contributed by atoms with Crippen LogP contribution >= 0.6 is 23.4 Å². The first-order valence-corrected chi connectivity index (χ1v) is 6.62. The van der Waals surface area contributed by atoms with Gasteiger partial charge in [-0.3, -0.25) is 10.1 Å². The number of nitro groups is 1. The van der Waals surface area contributed by atoms with Crippen LogP contribution in [0.15, 0.2) is 52.3 Å². The van der Waals surface area contributed by atoms with Gasteiger partial charge in [0.25, 0.3) is 5.69 Å². The molecule has 0 fully saturated rings. The molecular formula is C13H8ClNO4S. The van der Waals surface area contributed by atoms with E-state index < -0.39 is 10.9 Å². The topological polar surface area (TPSA) is 80.4 Å². The fraction of sp³-hybridized carbons (Fsp3) is 0. The molecule has 0 amide bonds. The average Bonchev–Trinajstić information content (AvgIpc) is 2.41. The van der Waals surface area contributed by atoms with Crippen LogP contribution in [0, 0.1) is 10.1 Å². The predicted octanol–water partition coefficient (Wildman–Crippen LogP) is 4.10. The Morgan fingerprint density at radius 1 is 1.20 bits per heavy atom. The fourth-order valence-corrected chi connectivity index (χ4v) is 2.71. The Kier molecular flexibility index (Phi) is 4.26. The van der Waals surface area contributed by atoms with Gasteiger partial charge in [0.2, 0.25) is 0 Å². The van der Waals surface area contributed by atoms with Gasteiger partial charge in [0.05, 0.1) is 10.5 Å². The lowest BCUT2D eigenvalue weighted by Gasteiger charge is -2.06. The SMILES string of the molecule is O=C(O)c1cccc([N+](=O)[O-])c1Sc1ccc(Cl)cc1. The van der Waals surface area contributed by atoms with Crippen LogP contribution in [-0.4, -0.2) is 16.0 Å². The quantitative estimate of drug-likeness (QED) is 0.679. The van der Waals surface area contributed by atoms with Crippen molar-refractivity contribution in [2.75, 3.05) is 0 Å². The van der Waals surface area contributed by atoms with Crippen molar-refractivity contribution in [2.24, 2.45) is 0 Å². The van der Waals surface area contributed by atoms with Gasteiger partial charge >= 0.3 is 5.97 Å². The van der Waals surface area contributed by atoms with Crippen LogP contribution in [0.25, 0.3) is 0 Å². The average molecular weight is 310 g/mol.